The second-order valence-corrected chi connectivity index (χ2v) is 7.75. The van der Waals surface area contributed by atoms with Crippen molar-refractivity contribution in [2.45, 2.75) is 26.8 Å². The van der Waals surface area contributed by atoms with Crippen LogP contribution in [0.5, 0.6) is 5.75 Å². The third-order valence-corrected chi connectivity index (χ3v) is 4.99. The van der Waals surface area contributed by atoms with E-state index in [4.69, 9.17) is 15.2 Å². The van der Waals surface area contributed by atoms with Gasteiger partial charge in [0, 0.05) is 5.56 Å². The molecule has 2 rings (SSSR count). The molecule has 166 valence electrons. The number of anilines is 1. The maximum Gasteiger partial charge on any atom is 0.329 e. The third kappa shape index (κ3) is 6.82. The van der Waals surface area contributed by atoms with E-state index in [1.165, 1.54) is 6.07 Å². The topological polar surface area (TPSA) is 137 Å². The van der Waals surface area contributed by atoms with Crippen LogP contribution in [0.3, 0.4) is 0 Å². The summed E-state index contributed by atoms with van der Waals surface area (Å²) in [7, 11) is 0. The number of benzene rings is 1. The normalized spacial score (nSPS) is 11.5. The zero-order valence-corrected chi connectivity index (χ0v) is 18.3. The Hall–Kier alpha value is -3.40. The number of carbonyl (C=O) groups is 4. The summed E-state index contributed by atoms with van der Waals surface area (Å²) in [6.45, 7) is 5.29. The van der Waals surface area contributed by atoms with Gasteiger partial charge in [-0.15, -0.1) is 11.3 Å². The molecule has 9 nitrogen and oxygen atoms in total. The molecule has 3 amide bonds. The summed E-state index contributed by atoms with van der Waals surface area (Å²) in [4.78, 5) is 48.4. The Morgan fingerprint density at radius 2 is 1.77 bits per heavy atom. The van der Waals surface area contributed by atoms with E-state index in [1.807, 2.05) is 6.92 Å². The average Bonchev–Trinajstić information content (AvgIpc) is 3.19. The Morgan fingerprint density at radius 3 is 2.35 bits per heavy atom. The Bertz CT molecular complexity index is 939. The van der Waals surface area contributed by atoms with Gasteiger partial charge in [0.05, 0.1) is 12.2 Å². The largest absolute Gasteiger partial charge is 0.494 e. The summed E-state index contributed by atoms with van der Waals surface area (Å²) < 4.78 is 10.4. The van der Waals surface area contributed by atoms with Gasteiger partial charge in [-0.3, -0.25) is 14.4 Å². The van der Waals surface area contributed by atoms with E-state index in [9.17, 15) is 19.2 Å². The smallest absolute Gasteiger partial charge is 0.329 e. The van der Waals surface area contributed by atoms with Crippen LogP contribution >= 0.6 is 11.3 Å². The van der Waals surface area contributed by atoms with E-state index in [2.05, 4.69) is 10.6 Å². The van der Waals surface area contributed by atoms with Gasteiger partial charge in [0.15, 0.2) is 6.61 Å². The van der Waals surface area contributed by atoms with Crippen molar-refractivity contribution in [2.75, 3.05) is 18.5 Å². The number of thiophene rings is 1. The van der Waals surface area contributed by atoms with E-state index < -0.39 is 36.3 Å². The highest BCUT2D eigenvalue weighted by molar-refractivity contribution is 7.14. The fourth-order valence-electron chi connectivity index (χ4n) is 2.58. The molecule has 1 atom stereocenters. The molecule has 1 aromatic heterocycles. The highest BCUT2D eigenvalue weighted by Gasteiger charge is 2.27. The first-order valence-corrected chi connectivity index (χ1v) is 10.5. The van der Waals surface area contributed by atoms with Crippen molar-refractivity contribution in [2.24, 2.45) is 11.7 Å². The summed E-state index contributed by atoms with van der Waals surface area (Å²) in [6, 6.07) is 7.05. The van der Waals surface area contributed by atoms with E-state index in [-0.39, 0.29) is 16.5 Å². The number of esters is 1. The van der Waals surface area contributed by atoms with Gasteiger partial charge in [0.1, 0.15) is 16.8 Å². The molecule has 0 unspecified atom stereocenters. The minimum atomic E-state index is -0.949. The maximum atomic E-state index is 12.5. The summed E-state index contributed by atoms with van der Waals surface area (Å²) in [5, 5.41) is 6.99. The van der Waals surface area contributed by atoms with Crippen LogP contribution in [0.2, 0.25) is 0 Å². The summed E-state index contributed by atoms with van der Waals surface area (Å²) in [5.74, 6) is -2.14. The Balaban J connectivity index is 1.93. The van der Waals surface area contributed by atoms with Crippen molar-refractivity contribution in [3.63, 3.8) is 0 Å². The van der Waals surface area contributed by atoms with Crippen molar-refractivity contribution >= 4 is 40.0 Å². The molecule has 0 fully saturated rings. The van der Waals surface area contributed by atoms with E-state index in [1.54, 1.807) is 43.5 Å². The molecular weight excluding hydrogens is 422 g/mol. The van der Waals surface area contributed by atoms with Crippen molar-refractivity contribution in [1.29, 1.82) is 0 Å². The first-order chi connectivity index (χ1) is 14.7. The van der Waals surface area contributed by atoms with Crippen molar-refractivity contribution < 1.29 is 28.7 Å². The first-order valence-electron chi connectivity index (χ1n) is 9.60. The lowest BCUT2D eigenvalue weighted by atomic mass is 10.0. The van der Waals surface area contributed by atoms with Gasteiger partial charge < -0.3 is 25.8 Å². The fraction of sp³-hybridized carbons (Fsp3) is 0.333. The highest BCUT2D eigenvalue weighted by atomic mass is 32.1. The molecule has 0 saturated heterocycles. The van der Waals surface area contributed by atoms with Crippen LogP contribution in [-0.4, -0.2) is 42.9 Å². The van der Waals surface area contributed by atoms with E-state index in [0.29, 0.717) is 17.9 Å². The molecule has 1 heterocycles. The summed E-state index contributed by atoms with van der Waals surface area (Å²) in [6.07, 6.45) is 0. The second kappa shape index (κ2) is 11.1. The predicted molar refractivity (Wildman–Crippen MR) is 116 cm³/mol. The van der Waals surface area contributed by atoms with Gasteiger partial charge in [-0.25, -0.2) is 4.79 Å². The average molecular weight is 448 g/mol. The number of hydrogen-bond acceptors (Lipinski definition) is 7. The molecule has 0 aliphatic rings. The van der Waals surface area contributed by atoms with Crippen molar-refractivity contribution in [1.82, 2.24) is 5.32 Å². The van der Waals surface area contributed by atoms with Crippen LogP contribution in [0.25, 0.3) is 0 Å². The van der Waals surface area contributed by atoms with Crippen molar-refractivity contribution in [3.8, 4) is 5.75 Å². The van der Waals surface area contributed by atoms with Gasteiger partial charge >= 0.3 is 5.97 Å². The first kappa shape index (κ1) is 23.9. The molecule has 0 saturated carbocycles. The molecule has 2 aromatic rings. The number of nitrogens with two attached hydrogens (primary N) is 1. The van der Waals surface area contributed by atoms with Gasteiger partial charge in [-0.1, -0.05) is 13.8 Å². The summed E-state index contributed by atoms with van der Waals surface area (Å²) >= 11 is 1.12. The number of ether oxygens (including phenoxy) is 2. The van der Waals surface area contributed by atoms with Gasteiger partial charge in [-0.05, 0) is 48.6 Å². The van der Waals surface area contributed by atoms with Crippen LogP contribution < -0.4 is 21.1 Å². The predicted octanol–water partition coefficient (Wildman–Crippen LogP) is 2.18. The second-order valence-electron chi connectivity index (χ2n) is 6.84. The third-order valence-electron chi connectivity index (χ3n) is 4.16. The number of rotatable bonds is 10. The Labute approximate surface area is 183 Å². The Kier molecular flexibility index (Phi) is 8.56. The monoisotopic (exact) mass is 447 g/mol. The Morgan fingerprint density at radius 1 is 1.10 bits per heavy atom. The van der Waals surface area contributed by atoms with Crippen LogP contribution in [-0.2, 0) is 14.3 Å². The van der Waals surface area contributed by atoms with Crippen LogP contribution in [0.1, 0.15) is 41.5 Å². The van der Waals surface area contributed by atoms with Crippen LogP contribution in [0.15, 0.2) is 35.7 Å². The molecule has 0 aliphatic carbocycles. The van der Waals surface area contributed by atoms with E-state index in [0.717, 1.165) is 11.3 Å². The zero-order valence-electron chi connectivity index (χ0n) is 17.5. The van der Waals surface area contributed by atoms with Crippen LogP contribution in [0, 0.1) is 5.92 Å². The maximum absolute atomic E-state index is 12.5. The van der Waals surface area contributed by atoms with Gasteiger partial charge in [0.2, 0.25) is 0 Å². The molecule has 10 heteroatoms. The lowest BCUT2D eigenvalue weighted by Crippen LogP contribution is -2.45. The molecule has 0 bridgehead atoms. The minimum absolute atomic E-state index is 0.173. The number of nitrogens with one attached hydrogen (secondary N) is 2. The summed E-state index contributed by atoms with van der Waals surface area (Å²) in [5.41, 5.74) is 5.76. The standard InChI is InChI=1S/C21H25N3O6S/c1-4-29-14-7-5-13(6-8-14)19(27)24-17(12(2)3)21(28)30-11-16(25)23-20-15(18(22)26)9-10-31-20/h5-10,12,17H,4,11H2,1-3H3,(H2,22,26)(H,23,25)(H,24,27)/t17-/m1/s1. The number of primary amides is 1. The van der Waals surface area contributed by atoms with Crippen molar-refractivity contribution in [3.05, 3.63) is 46.8 Å². The minimum Gasteiger partial charge on any atom is -0.494 e. The number of hydrogen-bond donors (Lipinski definition) is 3. The molecule has 4 N–H and O–H groups in total. The lowest BCUT2D eigenvalue weighted by molar-refractivity contribution is -0.150. The highest BCUT2D eigenvalue weighted by Crippen LogP contribution is 2.22. The van der Waals surface area contributed by atoms with Gasteiger partial charge in [-0.2, -0.15) is 0 Å². The molecule has 1 aromatic carbocycles. The zero-order chi connectivity index (χ0) is 23.0. The lowest BCUT2D eigenvalue weighted by Gasteiger charge is -2.21. The SMILES string of the molecule is CCOc1ccc(C(=O)N[C@@H](C(=O)OCC(=O)Nc2sccc2C(N)=O)C(C)C)cc1. The molecule has 0 spiro atoms. The molecule has 0 aliphatic heterocycles. The number of amides is 3. The quantitative estimate of drug-likeness (QED) is 0.478. The fourth-order valence-corrected chi connectivity index (χ4v) is 3.39. The number of carbonyl (C=O) groups excluding carboxylic acids is 4. The molecule has 31 heavy (non-hydrogen) atoms. The molecular formula is C21H25N3O6S. The van der Waals surface area contributed by atoms with Crippen LogP contribution in [0.4, 0.5) is 5.00 Å². The van der Waals surface area contributed by atoms with Gasteiger partial charge in [0.25, 0.3) is 17.7 Å². The van der Waals surface area contributed by atoms with E-state index >= 15 is 0 Å². The molecule has 0 radical (unpaired) electrons.